The summed E-state index contributed by atoms with van der Waals surface area (Å²) in [7, 11) is 0. The first-order chi connectivity index (χ1) is 14.9. The van der Waals surface area contributed by atoms with Crippen LogP contribution in [-0.4, -0.2) is 23.5 Å². The third kappa shape index (κ3) is 6.42. The quantitative estimate of drug-likeness (QED) is 0.404. The van der Waals surface area contributed by atoms with Gasteiger partial charge in [-0.3, -0.25) is 25.8 Å². The van der Waals surface area contributed by atoms with Gasteiger partial charge in [-0.05, 0) is 62.0 Å². The lowest BCUT2D eigenvalue weighted by molar-refractivity contribution is 0.0933. The molecule has 0 spiro atoms. The van der Waals surface area contributed by atoms with Gasteiger partial charge in [-0.15, -0.1) is 0 Å². The van der Waals surface area contributed by atoms with Crippen LogP contribution in [0.3, 0.4) is 0 Å². The van der Waals surface area contributed by atoms with Crippen molar-refractivity contribution in [3.05, 3.63) is 88.9 Å². The molecule has 3 N–H and O–H groups in total. The van der Waals surface area contributed by atoms with Gasteiger partial charge in [0.2, 0.25) is 0 Å². The molecular formula is C23H23N3O4S. The summed E-state index contributed by atoms with van der Waals surface area (Å²) in [6, 6.07) is 18.4. The number of benzene rings is 2. The molecule has 1 aromatic heterocycles. The third-order valence-electron chi connectivity index (χ3n) is 4.42. The van der Waals surface area contributed by atoms with E-state index in [2.05, 4.69) is 16.2 Å². The second-order valence-electron chi connectivity index (χ2n) is 6.80. The maximum Gasteiger partial charge on any atom is 0.273 e. The average Bonchev–Trinajstić information content (AvgIpc) is 3.11. The van der Waals surface area contributed by atoms with Crippen LogP contribution < -0.4 is 20.9 Å². The Morgan fingerprint density at radius 1 is 0.968 bits per heavy atom. The number of furan rings is 1. The third-order valence-corrected chi connectivity index (χ3v) is 4.63. The predicted octanol–water partition coefficient (Wildman–Crippen LogP) is 3.47. The summed E-state index contributed by atoms with van der Waals surface area (Å²) in [4.78, 5) is 24.5. The fourth-order valence-electron chi connectivity index (χ4n) is 2.88. The molecule has 0 aliphatic heterocycles. The van der Waals surface area contributed by atoms with Gasteiger partial charge in [-0.1, -0.05) is 30.3 Å². The van der Waals surface area contributed by atoms with Crippen molar-refractivity contribution in [1.82, 2.24) is 16.2 Å². The van der Waals surface area contributed by atoms with Crippen molar-refractivity contribution in [2.75, 3.05) is 6.61 Å². The molecule has 31 heavy (non-hydrogen) atoms. The number of hydrazine groups is 1. The van der Waals surface area contributed by atoms with Crippen LogP contribution in [0.1, 0.15) is 37.8 Å². The van der Waals surface area contributed by atoms with Crippen LogP contribution in [0.25, 0.3) is 0 Å². The molecule has 0 fully saturated rings. The lowest BCUT2D eigenvalue weighted by atomic mass is 10.2. The lowest BCUT2D eigenvalue weighted by Crippen LogP contribution is -2.48. The maximum atomic E-state index is 12.3. The molecule has 2 aromatic carbocycles. The lowest BCUT2D eigenvalue weighted by Gasteiger charge is -2.11. The van der Waals surface area contributed by atoms with Gasteiger partial charge in [-0.25, -0.2) is 0 Å². The fraction of sp³-hybridized carbons (Fsp3) is 0.174. The van der Waals surface area contributed by atoms with Crippen molar-refractivity contribution in [2.45, 2.75) is 20.3 Å². The van der Waals surface area contributed by atoms with Gasteiger partial charge in [0.1, 0.15) is 17.3 Å². The van der Waals surface area contributed by atoms with E-state index in [-0.39, 0.29) is 5.11 Å². The standard InChI is InChI=1S/C23H23N3O4S/c1-15-14-20(16(2)30-15)22(28)25-26-23(31)24-21(27)18-8-10-19(11-9-18)29-13-12-17-6-4-3-5-7-17/h3-11,14H,12-13H2,1-2H3,(H,25,28)(H2,24,26,27,31). The zero-order valence-corrected chi connectivity index (χ0v) is 18.0. The molecule has 0 radical (unpaired) electrons. The Morgan fingerprint density at radius 3 is 2.32 bits per heavy atom. The minimum atomic E-state index is -0.414. The number of nitrogens with one attached hydrogen (secondary N) is 3. The largest absolute Gasteiger partial charge is 0.493 e. The number of carbonyl (C=O) groups excluding carboxylic acids is 2. The van der Waals surface area contributed by atoms with Crippen molar-refractivity contribution in [2.24, 2.45) is 0 Å². The number of hydrogen-bond donors (Lipinski definition) is 3. The summed E-state index contributed by atoms with van der Waals surface area (Å²) in [5, 5.41) is 2.48. The Labute approximate surface area is 185 Å². The van der Waals surface area contributed by atoms with E-state index < -0.39 is 11.8 Å². The molecule has 8 heteroatoms. The van der Waals surface area contributed by atoms with Crippen LogP contribution in [0.15, 0.2) is 65.1 Å². The smallest absolute Gasteiger partial charge is 0.273 e. The van der Waals surface area contributed by atoms with Crippen LogP contribution in [-0.2, 0) is 6.42 Å². The number of ether oxygens (including phenoxy) is 1. The van der Waals surface area contributed by atoms with E-state index in [1.165, 1.54) is 5.56 Å². The van der Waals surface area contributed by atoms with Crippen molar-refractivity contribution in [3.8, 4) is 5.75 Å². The van der Waals surface area contributed by atoms with Gasteiger partial charge < -0.3 is 9.15 Å². The summed E-state index contributed by atoms with van der Waals surface area (Å²) < 4.78 is 11.0. The van der Waals surface area contributed by atoms with E-state index in [4.69, 9.17) is 21.4 Å². The van der Waals surface area contributed by atoms with Crippen molar-refractivity contribution in [3.63, 3.8) is 0 Å². The Hall–Kier alpha value is -3.65. The predicted molar refractivity (Wildman–Crippen MR) is 121 cm³/mol. The van der Waals surface area contributed by atoms with E-state index in [1.807, 2.05) is 30.3 Å². The minimum absolute atomic E-state index is 0.0283. The Balaban J connectivity index is 1.43. The topological polar surface area (TPSA) is 92.6 Å². The van der Waals surface area contributed by atoms with Gasteiger partial charge in [0, 0.05) is 12.0 Å². The number of amides is 2. The first kappa shape index (κ1) is 22.0. The minimum Gasteiger partial charge on any atom is -0.493 e. The zero-order chi connectivity index (χ0) is 22.2. The van der Waals surface area contributed by atoms with Crippen LogP contribution in [0, 0.1) is 13.8 Å². The van der Waals surface area contributed by atoms with Gasteiger partial charge in [-0.2, -0.15) is 0 Å². The molecule has 160 valence electrons. The second-order valence-corrected chi connectivity index (χ2v) is 7.21. The SMILES string of the molecule is Cc1cc(C(=O)NNC(=S)NC(=O)c2ccc(OCCc3ccccc3)cc2)c(C)o1. The molecule has 0 aliphatic rings. The molecule has 3 aromatic rings. The molecular weight excluding hydrogens is 414 g/mol. The summed E-state index contributed by atoms with van der Waals surface area (Å²) in [6.45, 7) is 3.98. The highest BCUT2D eigenvalue weighted by atomic mass is 32.1. The first-order valence-electron chi connectivity index (χ1n) is 9.68. The van der Waals surface area contributed by atoms with Crippen molar-refractivity contribution >= 4 is 29.1 Å². The molecule has 0 saturated heterocycles. The van der Waals surface area contributed by atoms with Crippen molar-refractivity contribution in [1.29, 1.82) is 0 Å². The van der Waals surface area contributed by atoms with Crippen LogP contribution in [0.5, 0.6) is 5.75 Å². The fourth-order valence-corrected chi connectivity index (χ4v) is 3.02. The second kappa shape index (κ2) is 10.4. The molecule has 7 nitrogen and oxygen atoms in total. The monoisotopic (exact) mass is 437 g/mol. The van der Waals surface area contributed by atoms with E-state index in [0.717, 1.165) is 6.42 Å². The molecule has 0 unspecified atom stereocenters. The summed E-state index contributed by atoms with van der Waals surface area (Å²) in [6.07, 6.45) is 0.798. The molecule has 0 aliphatic carbocycles. The molecule has 2 amide bonds. The molecule has 0 bridgehead atoms. The zero-order valence-electron chi connectivity index (χ0n) is 17.2. The van der Waals surface area contributed by atoms with Gasteiger partial charge in [0.25, 0.3) is 11.8 Å². The van der Waals surface area contributed by atoms with E-state index in [1.54, 1.807) is 44.2 Å². The number of hydrogen-bond acceptors (Lipinski definition) is 5. The average molecular weight is 438 g/mol. The van der Waals surface area contributed by atoms with Gasteiger partial charge in [0.05, 0.1) is 12.2 Å². The Kier molecular flexibility index (Phi) is 7.40. The number of carbonyl (C=O) groups is 2. The highest BCUT2D eigenvalue weighted by Gasteiger charge is 2.14. The summed E-state index contributed by atoms with van der Waals surface area (Å²) >= 11 is 5.06. The number of rotatable bonds is 6. The molecule has 1 heterocycles. The van der Waals surface area contributed by atoms with Gasteiger partial charge in [0.15, 0.2) is 5.11 Å². The molecule has 0 saturated carbocycles. The van der Waals surface area contributed by atoms with E-state index >= 15 is 0 Å². The summed E-state index contributed by atoms with van der Waals surface area (Å²) in [5.74, 6) is 0.982. The Morgan fingerprint density at radius 2 is 1.68 bits per heavy atom. The number of thiocarbonyl (C=S) groups is 1. The van der Waals surface area contributed by atoms with Crippen LogP contribution in [0.4, 0.5) is 0 Å². The molecule has 0 atom stereocenters. The Bertz CT molecular complexity index is 1060. The highest BCUT2D eigenvalue weighted by Crippen LogP contribution is 2.14. The van der Waals surface area contributed by atoms with Crippen molar-refractivity contribution < 1.29 is 18.7 Å². The number of aryl methyl sites for hydroxylation is 2. The highest BCUT2D eigenvalue weighted by molar-refractivity contribution is 7.80. The molecule has 3 rings (SSSR count). The van der Waals surface area contributed by atoms with Crippen LogP contribution >= 0.6 is 12.2 Å². The normalized spacial score (nSPS) is 10.3. The van der Waals surface area contributed by atoms with E-state index in [9.17, 15) is 9.59 Å². The van der Waals surface area contributed by atoms with E-state index in [0.29, 0.717) is 35.0 Å². The maximum absolute atomic E-state index is 12.3. The van der Waals surface area contributed by atoms with Gasteiger partial charge >= 0.3 is 0 Å². The first-order valence-corrected chi connectivity index (χ1v) is 10.1. The van der Waals surface area contributed by atoms with Crippen LogP contribution in [0.2, 0.25) is 0 Å². The summed E-state index contributed by atoms with van der Waals surface area (Å²) in [5.41, 5.74) is 6.94.